The molecule has 104 valence electrons. The summed E-state index contributed by atoms with van der Waals surface area (Å²) in [5.41, 5.74) is -0.755. The Bertz CT molecular complexity index is 1060. The highest BCUT2D eigenvalue weighted by atomic mass is 15.3. The highest BCUT2D eigenvalue weighted by molar-refractivity contribution is 5.83. The van der Waals surface area contributed by atoms with Gasteiger partial charge in [0, 0.05) is 29.1 Å². The number of H-pyrrole nitrogens is 1. The maximum atomic E-state index is 8.56. The van der Waals surface area contributed by atoms with Crippen molar-refractivity contribution in [3.8, 4) is 0 Å². The third-order valence-corrected chi connectivity index (χ3v) is 2.50. The minimum atomic E-state index is -2.61. The molecule has 0 unspecified atom stereocenters. The summed E-state index contributed by atoms with van der Waals surface area (Å²) in [7, 11) is 2.75. The molecule has 0 spiro atoms. The molecule has 0 saturated heterocycles. The van der Waals surface area contributed by atoms with E-state index in [4.69, 9.17) is 12.3 Å². The number of rotatable bonds is 5. The van der Waals surface area contributed by atoms with Crippen LogP contribution >= 0.6 is 0 Å². The van der Waals surface area contributed by atoms with Crippen molar-refractivity contribution in [2.24, 2.45) is 0 Å². The Morgan fingerprint density at radius 2 is 2.35 bits per heavy atom. The van der Waals surface area contributed by atoms with Gasteiger partial charge in [0.05, 0.1) is 13.4 Å². The van der Waals surface area contributed by atoms with E-state index in [1.54, 1.807) is 0 Å². The zero-order valence-electron chi connectivity index (χ0n) is 20.0. The molecule has 0 amide bonds. The molecule has 1 aromatic carbocycles. The van der Waals surface area contributed by atoms with Gasteiger partial charge in [0.25, 0.3) is 0 Å². The van der Waals surface area contributed by atoms with Gasteiger partial charge in [0.15, 0.2) is 0 Å². The number of benzene rings is 1. The van der Waals surface area contributed by atoms with Gasteiger partial charge in [-0.2, -0.15) is 5.10 Å². The Hall–Kier alpha value is -2.14. The van der Waals surface area contributed by atoms with Crippen molar-refractivity contribution < 1.29 is 12.3 Å². The van der Waals surface area contributed by atoms with Gasteiger partial charge < -0.3 is 9.88 Å². The zero-order chi connectivity index (χ0) is 21.9. The Balaban J connectivity index is 2.38. The van der Waals surface area contributed by atoms with Crippen LogP contribution in [0.15, 0.2) is 37.0 Å². The lowest BCUT2D eigenvalue weighted by atomic mass is 10.1. The average molecular weight is 278 g/mol. The number of hydrogen-bond donors (Lipinski definition) is 1. The summed E-state index contributed by atoms with van der Waals surface area (Å²) in [6.07, 6.45) is 0.722. The average Bonchev–Trinajstić information content (AvgIpc) is 3.29. The minimum Gasteiger partial charge on any atom is -0.361 e. The predicted molar refractivity (Wildman–Crippen MR) is 79.7 cm³/mol. The molecule has 3 rings (SSSR count). The van der Waals surface area contributed by atoms with Crippen LogP contribution in [0.4, 0.5) is 0 Å². The molecule has 0 atom stereocenters. The number of nitrogens with zero attached hydrogens (tertiary/aromatic N) is 4. The topological polar surface area (TPSA) is 49.7 Å². The van der Waals surface area contributed by atoms with Gasteiger partial charge in [-0.1, -0.05) is 6.04 Å². The molecule has 0 aliphatic carbocycles. The maximum absolute atomic E-state index is 8.56. The van der Waals surface area contributed by atoms with E-state index in [2.05, 4.69) is 15.1 Å². The number of fused-ring (bicyclic) bond motifs is 1. The number of hydrogen-bond acceptors (Lipinski definition) is 3. The minimum absolute atomic E-state index is 0.0356. The lowest BCUT2D eigenvalue weighted by molar-refractivity contribution is 0.414. The highest BCUT2D eigenvalue weighted by Crippen LogP contribution is 2.21. The van der Waals surface area contributed by atoms with Crippen LogP contribution in [0.2, 0.25) is 0 Å². The van der Waals surface area contributed by atoms with Crippen molar-refractivity contribution in [3.63, 3.8) is 0 Å². The van der Waals surface area contributed by atoms with Gasteiger partial charge in [-0.05, 0) is 43.7 Å². The van der Waals surface area contributed by atoms with E-state index in [1.807, 2.05) is 0 Å². The number of aromatic nitrogens is 4. The van der Waals surface area contributed by atoms with Crippen LogP contribution in [0.3, 0.4) is 0 Å². The van der Waals surface area contributed by atoms with E-state index in [1.165, 1.54) is 14.1 Å². The van der Waals surface area contributed by atoms with Crippen LogP contribution in [0, 0.1) is 0 Å². The fourth-order valence-electron chi connectivity index (χ4n) is 1.64. The van der Waals surface area contributed by atoms with Crippen molar-refractivity contribution in [3.05, 3.63) is 48.1 Å². The van der Waals surface area contributed by atoms with Gasteiger partial charge in [-0.15, -0.1) is 0 Å². The van der Waals surface area contributed by atoms with Crippen molar-refractivity contribution in [2.45, 2.75) is 12.9 Å². The lowest BCUT2D eigenvalue weighted by Gasteiger charge is -2.08. The van der Waals surface area contributed by atoms with Crippen LogP contribution in [0.1, 0.15) is 23.5 Å². The molecule has 0 saturated carbocycles. The molecule has 20 heavy (non-hydrogen) atoms. The first-order valence-corrected chi connectivity index (χ1v) is 5.90. The standard InChI is InChI=1S/C15H19N5/c1-19(2)6-5-13-8-17-15-4-3-12(7-14(13)15)9-20-11-16-10-18-20/h3-4,7-8,10-11,17H,5-6,9H2,1-2H3/i3D,4D,5D2,6D2,7D,9D2. The first kappa shape index (κ1) is 6.10. The molecule has 0 aliphatic rings. The summed E-state index contributed by atoms with van der Waals surface area (Å²) >= 11 is 0. The monoisotopic (exact) mass is 278 g/mol. The third kappa shape index (κ3) is 2.72. The SMILES string of the molecule is [2H]c1c(C([2H])([2H])n2cncn2)c([2H])c2c(C([2H])([2H])C([2H])([2H])N(C)C)c[nH]c2c1[2H]. The molecule has 5 heteroatoms. The summed E-state index contributed by atoms with van der Waals surface area (Å²) in [6, 6.07) is -1.49. The molecule has 0 radical (unpaired) electrons. The van der Waals surface area contributed by atoms with Crippen LogP contribution < -0.4 is 0 Å². The second kappa shape index (κ2) is 5.46. The Morgan fingerprint density at radius 1 is 1.45 bits per heavy atom. The summed E-state index contributed by atoms with van der Waals surface area (Å²) in [5, 5.41) is 3.58. The second-order valence-electron chi connectivity index (χ2n) is 4.29. The molecule has 0 bridgehead atoms. The number of aromatic amines is 1. The summed E-state index contributed by atoms with van der Waals surface area (Å²) < 4.78 is 75.7. The van der Waals surface area contributed by atoms with Gasteiger partial charge in [0.2, 0.25) is 0 Å². The summed E-state index contributed by atoms with van der Waals surface area (Å²) in [6.45, 7) is -4.97. The van der Waals surface area contributed by atoms with Crippen LogP contribution in [-0.4, -0.2) is 45.2 Å². The first-order valence-electron chi connectivity index (χ1n) is 10.4. The summed E-state index contributed by atoms with van der Waals surface area (Å²) in [5.74, 6) is 0. The molecular formula is C15H19N5. The first-order chi connectivity index (χ1) is 13.3. The molecule has 1 N–H and O–H groups in total. The van der Waals surface area contributed by atoms with Gasteiger partial charge >= 0.3 is 0 Å². The Kier molecular flexibility index (Phi) is 1.67. The molecule has 5 nitrogen and oxygen atoms in total. The van der Waals surface area contributed by atoms with E-state index in [-0.39, 0.29) is 16.5 Å². The number of nitrogens with one attached hydrogen (secondary N) is 1. The van der Waals surface area contributed by atoms with Crippen molar-refractivity contribution >= 4 is 10.9 Å². The van der Waals surface area contributed by atoms with Gasteiger partial charge in [0.1, 0.15) is 12.7 Å². The number of aryl methyl sites for hydroxylation is 1. The van der Waals surface area contributed by atoms with Gasteiger partial charge in [-0.25, -0.2) is 9.67 Å². The fourth-order valence-corrected chi connectivity index (χ4v) is 1.64. The van der Waals surface area contributed by atoms with E-state index in [0.717, 1.165) is 28.4 Å². The molecular weight excluding hydrogens is 250 g/mol. The van der Waals surface area contributed by atoms with Crippen LogP contribution in [0.5, 0.6) is 0 Å². The summed E-state index contributed by atoms with van der Waals surface area (Å²) in [4.78, 5) is 7.40. The van der Waals surface area contributed by atoms with Crippen molar-refractivity contribution in [2.75, 3.05) is 20.6 Å². The Morgan fingerprint density at radius 3 is 3.10 bits per heavy atom. The molecule has 2 aromatic heterocycles. The normalized spacial score (nSPS) is 20.2. The second-order valence-corrected chi connectivity index (χ2v) is 4.29. The van der Waals surface area contributed by atoms with E-state index in [9.17, 15) is 0 Å². The largest absolute Gasteiger partial charge is 0.361 e. The van der Waals surface area contributed by atoms with Gasteiger partial charge in [-0.3, -0.25) is 0 Å². The molecule has 3 aromatic rings. The number of likely N-dealkylation sites (N-methyl/N-ethyl adjacent to an activating group) is 1. The van der Waals surface area contributed by atoms with E-state index in [0.29, 0.717) is 0 Å². The van der Waals surface area contributed by atoms with E-state index < -0.39 is 43.1 Å². The van der Waals surface area contributed by atoms with Crippen molar-refractivity contribution in [1.82, 2.24) is 24.6 Å². The highest BCUT2D eigenvalue weighted by Gasteiger charge is 2.06. The Labute approximate surface area is 130 Å². The third-order valence-electron chi connectivity index (χ3n) is 2.50. The van der Waals surface area contributed by atoms with Crippen LogP contribution in [-0.2, 0) is 12.9 Å². The smallest absolute Gasteiger partial charge is 0.137 e. The van der Waals surface area contributed by atoms with Crippen LogP contribution in [0.25, 0.3) is 10.9 Å². The molecule has 2 heterocycles. The predicted octanol–water partition coefficient (Wildman–Crippen LogP) is 1.91. The zero-order valence-corrected chi connectivity index (χ0v) is 11.0. The van der Waals surface area contributed by atoms with Crippen molar-refractivity contribution in [1.29, 1.82) is 0 Å². The molecule has 0 fully saturated rings. The van der Waals surface area contributed by atoms with E-state index >= 15 is 0 Å². The maximum Gasteiger partial charge on any atom is 0.137 e. The molecule has 0 aliphatic heterocycles. The fraction of sp³-hybridized carbons (Fsp3) is 0.333. The lowest BCUT2D eigenvalue weighted by Crippen LogP contribution is -2.14. The quantitative estimate of drug-likeness (QED) is 0.775.